The van der Waals surface area contributed by atoms with Crippen LogP contribution < -0.4 is 10.2 Å². The van der Waals surface area contributed by atoms with Gasteiger partial charge in [0.2, 0.25) is 0 Å². The lowest BCUT2D eigenvalue weighted by Crippen LogP contribution is -2.28. The van der Waals surface area contributed by atoms with Gasteiger partial charge in [-0.1, -0.05) is 44.9 Å². The number of para-hydroxylation sites is 1. The van der Waals surface area contributed by atoms with Gasteiger partial charge in [0.05, 0.1) is 0 Å². The molecule has 0 amide bonds. The Bertz CT molecular complexity index is 381. The molecule has 1 unspecified atom stereocenters. The van der Waals surface area contributed by atoms with Gasteiger partial charge in [-0.3, -0.25) is 0 Å². The minimum atomic E-state index is 0.495. The SMILES string of the molecule is CCCNC(CC)c1ccccc1N1CCCCCC1. The molecule has 1 atom stereocenters. The minimum Gasteiger partial charge on any atom is -0.371 e. The van der Waals surface area contributed by atoms with Gasteiger partial charge in [0.1, 0.15) is 0 Å². The monoisotopic (exact) mass is 274 g/mol. The van der Waals surface area contributed by atoms with Gasteiger partial charge < -0.3 is 10.2 Å². The van der Waals surface area contributed by atoms with E-state index in [1.807, 2.05) is 0 Å². The van der Waals surface area contributed by atoms with E-state index in [1.54, 1.807) is 0 Å². The van der Waals surface area contributed by atoms with Crippen molar-refractivity contribution in [3.8, 4) is 0 Å². The highest BCUT2D eigenvalue weighted by atomic mass is 15.1. The molecule has 1 aliphatic rings. The summed E-state index contributed by atoms with van der Waals surface area (Å²) in [7, 11) is 0. The summed E-state index contributed by atoms with van der Waals surface area (Å²) in [6, 6.07) is 9.51. The van der Waals surface area contributed by atoms with Crippen LogP contribution in [0, 0.1) is 0 Å². The van der Waals surface area contributed by atoms with Crippen molar-refractivity contribution >= 4 is 5.69 Å². The Morgan fingerprint density at radius 1 is 1.05 bits per heavy atom. The maximum Gasteiger partial charge on any atom is 0.0414 e. The molecule has 1 aromatic rings. The molecule has 1 N–H and O–H groups in total. The minimum absolute atomic E-state index is 0.495. The summed E-state index contributed by atoms with van der Waals surface area (Å²) in [5.41, 5.74) is 2.95. The van der Waals surface area contributed by atoms with E-state index in [9.17, 15) is 0 Å². The Morgan fingerprint density at radius 2 is 1.75 bits per heavy atom. The highest BCUT2D eigenvalue weighted by molar-refractivity contribution is 5.55. The van der Waals surface area contributed by atoms with E-state index >= 15 is 0 Å². The summed E-state index contributed by atoms with van der Waals surface area (Å²) in [5.74, 6) is 0. The number of benzene rings is 1. The lowest BCUT2D eigenvalue weighted by atomic mass is 10.0. The van der Waals surface area contributed by atoms with Gasteiger partial charge in [-0.25, -0.2) is 0 Å². The summed E-state index contributed by atoms with van der Waals surface area (Å²) in [6.45, 7) is 8.07. The average Bonchev–Trinajstić information content (AvgIpc) is 2.77. The van der Waals surface area contributed by atoms with Crippen LogP contribution in [0.3, 0.4) is 0 Å². The fraction of sp³-hybridized carbons (Fsp3) is 0.667. The van der Waals surface area contributed by atoms with Crippen LogP contribution in [0.1, 0.15) is 64.0 Å². The molecule has 1 aromatic carbocycles. The smallest absolute Gasteiger partial charge is 0.0414 e. The standard InChI is InChI=1S/C18H30N2/c1-3-13-19-17(4-2)16-11-7-8-12-18(16)20-14-9-5-6-10-15-20/h7-8,11-12,17,19H,3-6,9-10,13-15H2,1-2H3. The van der Waals surface area contributed by atoms with Crippen molar-refractivity contribution in [2.24, 2.45) is 0 Å². The Labute approximate surface area is 124 Å². The van der Waals surface area contributed by atoms with Crippen LogP contribution in [-0.4, -0.2) is 19.6 Å². The summed E-state index contributed by atoms with van der Waals surface area (Å²) >= 11 is 0. The Hall–Kier alpha value is -1.02. The lowest BCUT2D eigenvalue weighted by molar-refractivity contribution is 0.517. The van der Waals surface area contributed by atoms with E-state index in [0.717, 1.165) is 13.0 Å². The van der Waals surface area contributed by atoms with Gasteiger partial charge in [0.25, 0.3) is 0 Å². The molecular formula is C18H30N2. The molecule has 112 valence electrons. The van der Waals surface area contributed by atoms with Gasteiger partial charge in [0, 0.05) is 24.8 Å². The van der Waals surface area contributed by atoms with Crippen LogP contribution in [0.2, 0.25) is 0 Å². The molecule has 1 aliphatic heterocycles. The summed E-state index contributed by atoms with van der Waals surface area (Å²) in [5, 5.41) is 3.70. The zero-order valence-corrected chi connectivity index (χ0v) is 13.2. The molecule has 0 saturated carbocycles. The first-order chi connectivity index (χ1) is 9.86. The molecule has 2 heteroatoms. The summed E-state index contributed by atoms with van der Waals surface area (Å²) in [6.07, 6.45) is 7.82. The number of hydrogen-bond acceptors (Lipinski definition) is 2. The van der Waals surface area contributed by atoms with E-state index in [-0.39, 0.29) is 0 Å². The van der Waals surface area contributed by atoms with Crippen molar-refractivity contribution in [3.63, 3.8) is 0 Å². The summed E-state index contributed by atoms with van der Waals surface area (Å²) < 4.78 is 0. The molecule has 1 fully saturated rings. The highest BCUT2D eigenvalue weighted by Gasteiger charge is 2.17. The van der Waals surface area contributed by atoms with Crippen LogP contribution in [-0.2, 0) is 0 Å². The second kappa shape index (κ2) is 8.31. The van der Waals surface area contributed by atoms with Crippen LogP contribution in [0.25, 0.3) is 0 Å². The zero-order chi connectivity index (χ0) is 14.2. The van der Waals surface area contributed by atoms with Crippen LogP contribution in [0.15, 0.2) is 24.3 Å². The molecule has 0 radical (unpaired) electrons. The molecule has 0 spiro atoms. The van der Waals surface area contributed by atoms with Crippen molar-refractivity contribution in [2.45, 2.75) is 58.4 Å². The average molecular weight is 274 g/mol. The molecule has 0 aliphatic carbocycles. The first kappa shape index (κ1) is 15.4. The number of nitrogens with one attached hydrogen (secondary N) is 1. The third kappa shape index (κ3) is 3.99. The second-order valence-corrected chi connectivity index (χ2v) is 5.88. The summed E-state index contributed by atoms with van der Waals surface area (Å²) in [4.78, 5) is 2.61. The number of rotatable bonds is 6. The second-order valence-electron chi connectivity index (χ2n) is 5.88. The molecule has 20 heavy (non-hydrogen) atoms. The molecule has 0 aromatic heterocycles. The fourth-order valence-electron chi connectivity index (χ4n) is 3.17. The van der Waals surface area contributed by atoms with Gasteiger partial charge in [0.15, 0.2) is 0 Å². The molecule has 1 saturated heterocycles. The van der Waals surface area contributed by atoms with Crippen molar-refractivity contribution in [2.75, 3.05) is 24.5 Å². The first-order valence-corrected chi connectivity index (χ1v) is 8.44. The van der Waals surface area contributed by atoms with Gasteiger partial charge in [-0.2, -0.15) is 0 Å². The number of anilines is 1. The lowest BCUT2D eigenvalue weighted by Gasteiger charge is -2.29. The number of hydrogen-bond donors (Lipinski definition) is 1. The van der Waals surface area contributed by atoms with E-state index in [4.69, 9.17) is 0 Å². The Morgan fingerprint density at radius 3 is 2.40 bits per heavy atom. The van der Waals surface area contributed by atoms with Crippen molar-refractivity contribution in [1.29, 1.82) is 0 Å². The molecule has 1 heterocycles. The Kier molecular flexibility index (Phi) is 6.38. The van der Waals surface area contributed by atoms with Gasteiger partial charge in [-0.05, 0) is 43.9 Å². The maximum atomic E-state index is 3.70. The van der Waals surface area contributed by atoms with Crippen molar-refractivity contribution in [3.05, 3.63) is 29.8 Å². The largest absolute Gasteiger partial charge is 0.371 e. The molecule has 2 rings (SSSR count). The van der Waals surface area contributed by atoms with Crippen LogP contribution >= 0.6 is 0 Å². The quantitative estimate of drug-likeness (QED) is 0.820. The van der Waals surface area contributed by atoms with Gasteiger partial charge >= 0.3 is 0 Å². The fourth-order valence-corrected chi connectivity index (χ4v) is 3.17. The van der Waals surface area contributed by atoms with Crippen LogP contribution in [0.4, 0.5) is 5.69 Å². The predicted octanol–water partition coefficient (Wildman–Crippen LogP) is 4.52. The maximum absolute atomic E-state index is 3.70. The van der Waals surface area contributed by atoms with Crippen LogP contribution in [0.5, 0.6) is 0 Å². The van der Waals surface area contributed by atoms with E-state index in [2.05, 4.69) is 48.3 Å². The highest BCUT2D eigenvalue weighted by Crippen LogP contribution is 2.29. The normalized spacial score (nSPS) is 17.8. The van der Waals surface area contributed by atoms with Gasteiger partial charge in [-0.15, -0.1) is 0 Å². The van der Waals surface area contributed by atoms with Crippen molar-refractivity contribution in [1.82, 2.24) is 5.32 Å². The van der Waals surface area contributed by atoms with Crippen molar-refractivity contribution < 1.29 is 0 Å². The van der Waals surface area contributed by atoms with E-state index in [0.29, 0.717) is 6.04 Å². The topological polar surface area (TPSA) is 15.3 Å². The molecule has 0 bridgehead atoms. The first-order valence-electron chi connectivity index (χ1n) is 8.44. The third-order valence-electron chi connectivity index (χ3n) is 4.31. The number of nitrogens with zero attached hydrogens (tertiary/aromatic N) is 1. The third-order valence-corrected chi connectivity index (χ3v) is 4.31. The van der Waals surface area contributed by atoms with E-state index < -0.39 is 0 Å². The molecule has 2 nitrogen and oxygen atoms in total. The predicted molar refractivity (Wildman–Crippen MR) is 88.4 cm³/mol. The Balaban J connectivity index is 2.19. The molecular weight excluding hydrogens is 244 g/mol. The van der Waals surface area contributed by atoms with E-state index in [1.165, 1.54) is 56.4 Å². The zero-order valence-electron chi connectivity index (χ0n) is 13.2.